The first-order chi connectivity index (χ1) is 10.7. The van der Waals surface area contributed by atoms with Crippen molar-refractivity contribution in [3.8, 4) is 5.75 Å². The van der Waals surface area contributed by atoms with Gasteiger partial charge in [-0.25, -0.2) is 0 Å². The number of benzene rings is 1. The van der Waals surface area contributed by atoms with E-state index in [4.69, 9.17) is 4.74 Å². The van der Waals surface area contributed by atoms with Crippen LogP contribution in [0.15, 0.2) is 18.2 Å². The molecule has 4 heteroatoms. The lowest BCUT2D eigenvalue weighted by Gasteiger charge is -2.34. The molecule has 2 aliphatic rings. The monoisotopic (exact) mass is 302 g/mol. The maximum Gasteiger partial charge on any atom is 0.226 e. The van der Waals surface area contributed by atoms with E-state index in [1.165, 1.54) is 18.4 Å². The van der Waals surface area contributed by atoms with Gasteiger partial charge in [-0.05, 0) is 62.9 Å². The van der Waals surface area contributed by atoms with E-state index < -0.39 is 0 Å². The van der Waals surface area contributed by atoms with Gasteiger partial charge in [0.15, 0.2) is 0 Å². The van der Waals surface area contributed by atoms with Crippen molar-refractivity contribution < 1.29 is 9.53 Å². The van der Waals surface area contributed by atoms with Crippen molar-refractivity contribution in [2.24, 2.45) is 5.92 Å². The average molecular weight is 302 g/mol. The van der Waals surface area contributed by atoms with Crippen LogP contribution in [0.25, 0.3) is 0 Å². The molecule has 1 saturated heterocycles. The molecular formula is C18H26N2O2. The number of anilines is 1. The maximum absolute atomic E-state index is 12.2. The highest BCUT2D eigenvalue weighted by molar-refractivity contribution is 5.95. The standard InChI is InChI=1S/C18H26N2O2/c1-3-18(21)20-12-13(2)22-17-7-6-14(10-16(17)20)9-15-5-4-8-19-11-15/h6-7,10,13,15,19H,3-5,8-9,11-12H2,1-2H3. The van der Waals surface area contributed by atoms with Gasteiger partial charge < -0.3 is 15.0 Å². The third-order valence-electron chi connectivity index (χ3n) is 4.61. The van der Waals surface area contributed by atoms with Crippen molar-refractivity contribution >= 4 is 11.6 Å². The van der Waals surface area contributed by atoms with E-state index in [0.717, 1.165) is 30.9 Å². The fourth-order valence-corrected chi connectivity index (χ4v) is 3.47. The lowest BCUT2D eigenvalue weighted by molar-refractivity contribution is -0.118. The molecule has 3 rings (SSSR count). The van der Waals surface area contributed by atoms with Crippen molar-refractivity contribution in [2.75, 3.05) is 24.5 Å². The molecular weight excluding hydrogens is 276 g/mol. The van der Waals surface area contributed by atoms with E-state index in [-0.39, 0.29) is 12.0 Å². The first-order valence-corrected chi connectivity index (χ1v) is 8.48. The number of piperidine rings is 1. The van der Waals surface area contributed by atoms with Gasteiger partial charge in [-0.3, -0.25) is 4.79 Å². The number of fused-ring (bicyclic) bond motifs is 1. The Morgan fingerprint density at radius 1 is 1.45 bits per heavy atom. The van der Waals surface area contributed by atoms with Crippen LogP contribution in [0.5, 0.6) is 5.75 Å². The summed E-state index contributed by atoms with van der Waals surface area (Å²) in [5.41, 5.74) is 2.26. The molecule has 2 unspecified atom stereocenters. The largest absolute Gasteiger partial charge is 0.487 e. The molecule has 2 atom stereocenters. The number of ether oxygens (including phenoxy) is 1. The summed E-state index contributed by atoms with van der Waals surface area (Å²) >= 11 is 0. The predicted molar refractivity (Wildman–Crippen MR) is 88.5 cm³/mol. The third kappa shape index (κ3) is 3.27. The normalized spacial score (nSPS) is 24.5. The van der Waals surface area contributed by atoms with Crippen LogP contribution < -0.4 is 15.0 Å². The SMILES string of the molecule is CCC(=O)N1CC(C)Oc2ccc(CC3CCCNC3)cc21. The van der Waals surface area contributed by atoms with Crippen LogP contribution in [0.3, 0.4) is 0 Å². The molecule has 0 aromatic heterocycles. The third-order valence-corrected chi connectivity index (χ3v) is 4.61. The average Bonchev–Trinajstić information content (AvgIpc) is 2.54. The number of nitrogens with zero attached hydrogens (tertiary/aromatic N) is 1. The molecule has 2 aliphatic heterocycles. The van der Waals surface area contributed by atoms with E-state index in [2.05, 4.69) is 17.4 Å². The molecule has 2 heterocycles. The minimum absolute atomic E-state index is 0.0522. The first-order valence-electron chi connectivity index (χ1n) is 8.48. The highest BCUT2D eigenvalue weighted by Crippen LogP contribution is 2.35. The first kappa shape index (κ1) is 15.3. The van der Waals surface area contributed by atoms with Gasteiger partial charge in [0.05, 0.1) is 12.2 Å². The van der Waals surface area contributed by atoms with E-state index >= 15 is 0 Å². The summed E-state index contributed by atoms with van der Waals surface area (Å²) < 4.78 is 5.90. The van der Waals surface area contributed by atoms with Crippen molar-refractivity contribution in [1.82, 2.24) is 5.32 Å². The number of carbonyl (C=O) groups is 1. The van der Waals surface area contributed by atoms with Gasteiger partial charge in [-0.2, -0.15) is 0 Å². The van der Waals surface area contributed by atoms with Gasteiger partial charge in [-0.1, -0.05) is 13.0 Å². The van der Waals surface area contributed by atoms with Crippen LogP contribution in [-0.4, -0.2) is 31.6 Å². The van der Waals surface area contributed by atoms with Crippen LogP contribution in [0.2, 0.25) is 0 Å². The molecule has 0 aliphatic carbocycles. The molecule has 0 bridgehead atoms. The van der Waals surface area contributed by atoms with Crippen molar-refractivity contribution in [3.63, 3.8) is 0 Å². The Morgan fingerprint density at radius 3 is 3.05 bits per heavy atom. The van der Waals surface area contributed by atoms with Crippen LogP contribution in [0.4, 0.5) is 5.69 Å². The summed E-state index contributed by atoms with van der Waals surface area (Å²) in [4.78, 5) is 14.1. The Hall–Kier alpha value is -1.55. The second kappa shape index (κ2) is 6.69. The summed E-state index contributed by atoms with van der Waals surface area (Å²) in [6.45, 7) is 6.82. The quantitative estimate of drug-likeness (QED) is 0.933. The van der Waals surface area contributed by atoms with Crippen LogP contribution in [0, 0.1) is 5.92 Å². The molecule has 1 amide bonds. The summed E-state index contributed by atoms with van der Waals surface area (Å²) in [5, 5.41) is 3.47. The van der Waals surface area contributed by atoms with E-state index in [1.807, 2.05) is 24.8 Å². The smallest absolute Gasteiger partial charge is 0.226 e. The second-order valence-corrected chi connectivity index (χ2v) is 6.50. The molecule has 1 aromatic rings. The number of hydrogen-bond donors (Lipinski definition) is 1. The number of hydrogen-bond acceptors (Lipinski definition) is 3. The molecule has 0 radical (unpaired) electrons. The van der Waals surface area contributed by atoms with Gasteiger partial charge in [0.25, 0.3) is 0 Å². The van der Waals surface area contributed by atoms with Gasteiger partial charge in [0.2, 0.25) is 5.91 Å². The zero-order chi connectivity index (χ0) is 15.5. The Kier molecular flexibility index (Phi) is 4.67. The number of rotatable bonds is 3. The molecule has 22 heavy (non-hydrogen) atoms. The van der Waals surface area contributed by atoms with Gasteiger partial charge >= 0.3 is 0 Å². The number of amides is 1. The van der Waals surface area contributed by atoms with Gasteiger partial charge in [-0.15, -0.1) is 0 Å². The van der Waals surface area contributed by atoms with E-state index in [0.29, 0.717) is 18.9 Å². The predicted octanol–water partition coefficient (Wildman–Crippen LogP) is 2.75. The minimum Gasteiger partial charge on any atom is -0.487 e. The number of nitrogens with one attached hydrogen (secondary N) is 1. The van der Waals surface area contributed by atoms with Gasteiger partial charge in [0.1, 0.15) is 11.9 Å². The maximum atomic E-state index is 12.2. The van der Waals surface area contributed by atoms with Crippen molar-refractivity contribution in [3.05, 3.63) is 23.8 Å². The summed E-state index contributed by atoms with van der Waals surface area (Å²) in [6.07, 6.45) is 4.20. The zero-order valence-electron chi connectivity index (χ0n) is 13.6. The Labute approximate surface area is 132 Å². The number of carbonyl (C=O) groups excluding carboxylic acids is 1. The Bertz CT molecular complexity index is 538. The van der Waals surface area contributed by atoms with Gasteiger partial charge in [0, 0.05) is 6.42 Å². The molecule has 120 valence electrons. The topological polar surface area (TPSA) is 41.6 Å². The highest BCUT2D eigenvalue weighted by Gasteiger charge is 2.27. The lowest BCUT2D eigenvalue weighted by Crippen LogP contribution is -2.42. The van der Waals surface area contributed by atoms with Crippen molar-refractivity contribution in [2.45, 2.75) is 45.6 Å². The summed E-state index contributed by atoms with van der Waals surface area (Å²) in [5.74, 6) is 1.71. The van der Waals surface area contributed by atoms with Crippen molar-refractivity contribution in [1.29, 1.82) is 0 Å². The van der Waals surface area contributed by atoms with E-state index in [1.54, 1.807) is 0 Å². The lowest BCUT2D eigenvalue weighted by atomic mass is 9.92. The minimum atomic E-state index is 0.0522. The molecule has 0 saturated carbocycles. The highest BCUT2D eigenvalue weighted by atomic mass is 16.5. The molecule has 1 aromatic carbocycles. The molecule has 4 nitrogen and oxygen atoms in total. The van der Waals surface area contributed by atoms with Crippen LogP contribution in [0.1, 0.15) is 38.7 Å². The second-order valence-electron chi connectivity index (χ2n) is 6.50. The Morgan fingerprint density at radius 2 is 2.32 bits per heavy atom. The molecule has 1 N–H and O–H groups in total. The fraction of sp³-hybridized carbons (Fsp3) is 0.611. The summed E-state index contributed by atoms with van der Waals surface area (Å²) in [7, 11) is 0. The summed E-state index contributed by atoms with van der Waals surface area (Å²) in [6, 6.07) is 6.34. The molecule has 0 spiro atoms. The van der Waals surface area contributed by atoms with Crippen LogP contribution >= 0.6 is 0 Å². The Balaban J connectivity index is 1.82. The van der Waals surface area contributed by atoms with E-state index in [9.17, 15) is 4.79 Å². The fourth-order valence-electron chi connectivity index (χ4n) is 3.47. The molecule has 1 fully saturated rings. The zero-order valence-corrected chi connectivity index (χ0v) is 13.6. The van der Waals surface area contributed by atoms with Crippen LogP contribution in [-0.2, 0) is 11.2 Å².